The molecule has 0 spiro atoms. The molecule has 2 N–H and O–H groups in total. The molecule has 3 heterocycles. The number of benzene rings is 2. The van der Waals surface area contributed by atoms with Gasteiger partial charge in [0.25, 0.3) is 0 Å². The number of hydrogen-bond acceptors (Lipinski definition) is 7. The molecule has 0 saturated heterocycles. The Morgan fingerprint density at radius 1 is 1.19 bits per heavy atom. The molecule has 0 atom stereocenters. The fourth-order valence-corrected chi connectivity index (χ4v) is 5.15. The van der Waals surface area contributed by atoms with Crippen molar-refractivity contribution in [2.24, 2.45) is 4.99 Å². The number of phenols is 2. The van der Waals surface area contributed by atoms with E-state index in [0.29, 0.717) is 36.0 Å². The highest BCUT2D eigenvalue weighted by atomic mass is 79.9. The van der Waals surface area contributed by atoms with Crippen molar-refractivity contribution in [3.63, 3.8) is 0 Å². The molecule has 0 radical (unpaired) electrons. The van der Waals surface area contributed by atoms with E-state index in [-0.39, 0.29) is 40.8 Å². The number of aliphatic imine (C=N–C) groups is 1. The Morgan fingerprint density at radius 2 is 2.03 bits per heavy atom. The topological polar surface area (TPSA) is 85.6 Å². The molecule has 0 fully saturated rings. The molecule has 3 aliphatic heterocycles. The van der Waals surface area contributed by atoms with Crippen LogP contribution in [0.5, 0.6) is 17.2 Å². The van der Waals surface area contributed by atoms with Gasteiger partial charge in [0.1, 0.15) is 6.61 Å². The van der Waals surface area contributed by atoms with Crippen LogP contribution in [0.4, 0.5) is 5.69 Å². The van der Waals surface area contributed by atoms with Gasteiger partial charge in [-0.1, -0.05) is 29.4 Å². The summed E-state index contributed by atoms with van der Waals surface area (Å²) in [5, 5.41) is 22.7. The molecule has 2 aromatic carbocycles. The van der Waals surface area contributed by atoms with Gasteiger partial charge in [-0.25, -0.2) is 0 Å². The Labute approximate surface area is 205 Å². The van der Waals surface area contributed by atoms with E-state index < -0.39 is 0 Å². The van der Waals surface area contributed by atoms with Crippen molar-refractivity contribution in [2.75, 3.05) is 31.1 Å². The van der Waals surface area contributed by atoms with Crippen molar-refractivity contribution in [3.8, 4) is 17.2 Å². The van der Waals surface area contributed by atoms with Crippen LogP contribution in [0.15, 0.2) is 40.7 Å². The summed E-state index contributed by atoms with van der Waals surface area (Å²) < 4.78 is 6.01. The Morgan fingerprint density at radius 3 is 2.84 bits per heavy atom. The number of amidine groups is 1. The van der Waals surface area contributed by atoms with E-state index in [9.17, 15) is 15.0 Å². The summed E-state index contributed by atoms with van der Waals surface area (Å²) in [6.07, 6.45) is 0.704. The summed E-state index contributed by atoms with van der Waals surface area (Å²) >= 11 is 8.03. The highest BCUT2D eigenvalue weighted by molar-refractivity contribution is 8.93. The first-order chi connectivity index (χ1) is 15.0. The van der Waals surface area contributed by atoms with Crippen LogP contribution in [0.3, 0.4) is 0 Å². The lowest BCUT2D eigenvalue weighted by Crippen LogP contribution is -2.38. The molecule has 168 valence electrons. The highest BCUT2D eigenvalue weighted by Gasteiger charge is 2.33. The number of anilines is 1. The third-order valence-electron chi connectivity index (χ3n) is 5.50. The van der Waals surface area contributed by atoms with Gasteiger partial charge in [-0.2, -0.15) is 0 Å². The summed E-state index contributed by atoms with van der Waals surface area (Å²) in [5.41, 5.74) is 3.30. The number of ether oxygens (including phenoxy) is 1. The van der Waals surface area contributed by atoms with Gasteiger partial charge in [-0.05, 0) is 36.2 Å². The van der Waals surface area contributed by atoms with E-state index in [1.807, 2.05) is 11.5 Å². The monoisotopic (exact) mass is 537 g/mol. The SMILES string of the molecule is Br.O=C(CCc1ccc(O)c(O)c1)N1CCOc2c(C3=CSC4=NCCN34)cc(Cl)cc21. The summed E-state index contributed by atoms with van der Waals surface area (Å²) in [5.74, 6) is 0.241. The number of aryl methyl sites for hydroxylation is 1. The lowest BCUT2D eigenvalue weighted by atomic mass is 10.1. The number of aromatic hydroxyl groups is 2. The molecule has 0 bridgehead atoms. The zero-order chi connectivity index (χ0) is 21.5. The van der Waals surface area contributed by atoms with Gasteiger partial charge in [0.15, 0.2) is 22.4 Å². The number of amides is 1. The zero-order valence-electron chi connectivity index (χ0n) is 17.0. The molecular formula is C22H21BrClN3O4S. The highest BCUT2D eigenvalue weighted by Crippen LogP contribution is 2.45. The van der Waals surface area contributed by atoms with Gasteiger partial charge in [0.05, 0.1) is 24.5 Å². The van der Waals surface area contributed by atoms with Crippen LogP contribution in [0, 0.1) is 0 Å². The maximum atomic E-state index is 13.1. The number of carbonyl (C=O) groups excluding carboxylic acids is 1. The first kappa shape index (κ1) is 22.8. The normalized spacial score (nSPS) is 16.5. The predicted octanol–water partition coefficient (Wildman–Crippen LogP) is 4.40. The molecule has 32 heavy (non-hydrogen) atoms. The molecule has 0 aliphatic carbocycles. The molecule has 2 aromatic rings. The molecule has 7 nitrogen and oxygen atoms in total. The zero-order valence-corrected chi connectivity index (χ0v) is 20.2. The fraction of sp³-hybridized carbons (Fsp3) is 0.273. The molecule has 0 unspecified atom stereocenters. The Hall–Kier alpha value is -2.36. The quantitative estimate of drug-likeness (QED) is 0.561. The number of hydrogen-bond donors (Lipinski definition) is 2. The van der Waals surface area contributed by atoms with Gasteiger partial charge in [0.2, 0.25) is 5.91 Å². The predicted molar refractivity (Wildman–Crippen MR) is 132 cm³/mol. The summed E-state index contributed by atoms with van der Waals surface area (Å²) in [6, 6.07) is 8.25. The maximum absolute atomic E-state index is 13.1. The van der Waals surface area contributed by atoms with E-state index in [4.69, 9.17) is 16.3 Å². The van der Waals surface area contributed by atoms with E-state index in [2.05, 4.69) is 9.89 Å². The molecule has 1 amide bonds. The van der Waals surface area contributed by atoms with Gasteiger partial charge < -0.3 is 24.7 Å². The Kier molecular flexibility index (Phi) is 6.60. The first-order valence-electron chi connectivity index (χ1n) is 9.98. The number of phenolic OH excluding ortho intramolecular Hbond substituents is 2. The van der Waals surface area contributed by atoms with Crippen LogP contribution < -0.4 is 9.64 Å². The Bertz CT molecular complexity index is 1140. The van der Waals surface area contributed by atoms with Crippen molar-refractivity contribution < 1.29 is 19.7 Å². The summed E-state index contributed by atoms with van der Waals surface area (Å²) in [4.78, 5) is 21.4. The Balaban J connectivity index is 0.00000245. The summed E-state index contributed by atoms with van der Waals surface area (Å²) in [6.45, 7) is 2.42. The second-order valence-corrected chi connectivity index (χ2v) is 8.73. The summed E-state index contributed by atoms with van der Waals surface area (Å²) in [7, 11) is 0. The molecule has 10 heteroatoms. The number of rotatable bonds is 4. The minimum atomic E-state index is -0.189. The van der Waals surface area contributed by atoms with Crippen molar-refractivity contribution in [1.82, 2.24) is 4.90 Å². The number of nitrogens with zero attached hydrogens (tertiary/aromatic N) is 3. The van der Waals surface area contributed by atoms with Crippen molar-refractivity contribution in [1.29, 1.82) is 0 Å². The van der Waals surface area contributed by atoms with Crippen molar-refractivity contribution >= 4 is 62.8 Å². The largest absolute Gasteiger partial charge is 0.504 e. The van der Waals surface area contributed by atoms with Crippen LogP contribution in [-0.2, 0) is 11.2 Å². The third-order valence-corrected chi connectivity index (χ3v) is 6.62. The lowest BCUT2D eigenvalue weighted by molar-refractivity contribution is -0.118. The maximum Gasteiger partial charge on any atom is 0.227 e. The smallest absolute Gasteiger partial charge is 0.227 e. The van der Waals surface area contributed by atoms with E-state index in [1.54, 1.807) is 28.8 Å². The average Bonchev–Trinajstić information content (AvgIpc) is 3.37. The second-order valence-electron chi connectivity index (χ2n) is 7.46. The van der Waals surface area contributed by atoms with E-state index in [1.165, 1.54) is 12.1 Å². The first-order valence-corrected chi connectivity index (χ1v) is 11.2. The van der Waals surface area contributed by atoms with E-state index >= 15 is 0 Å². The van der Waals surface area contributed by atoms with Gasteiger partial charge >= 0.3 is 0 Å². The lowest BCUT2D eigenvalue weighted by Gasteiger charge is -2.32. The van der Waals surface area contributed by atoms with Gasteiger partial charge in [-0.3, -0.25) is 9.79 Å². The number of carbonyl (C=O) groups is 1. The molecule has 3 aliphatic rings. The fourth-order valence-electron chi connectivity index (χ4n) is 3.98. The van der Waals surface area contributed by atoms with E-state index in [0.717, 1.165) is 35.1 Å². The average molecular weight is 539 g/mol. The van der Waals surface area contributed by atoms with Crippen LogP contribution in [0.1, 0.15) is 17.5 Å². The van der Waals surface area contributed by atoms with Crippen LogP contribution in [0.2, 0.25) is 5.02 Å². The van der Waals surface area contributed by atoms with Gasteiger partial charge in [0, 0.05) is 29.0 Å². The molecule has 0 saturated carbocycles. The van der Waals surface area contributed by atoms with Crippen LogP contribution >= 0.6 is 40.3 Å². The third kappa shape index (κ3) is 4.16. The minimum Gasteiger partial charge on any atom is -0.504 e. The molecule has 0 aromatic heterocycles. The van der Waals surface area contributed by atoms with Crippen molar-refractivity contribution in [3.05, 3.63) is 51.9 Å². The number of thioether (sulfide) groups is 1. The van der Waals surface area contributed by atoms with Gasteiger partial charge in [-0.15, -0.1) is 17.0 Å². The number of fused-ring (bicyclic) bond motifs is 2. The minimum absolute atomic E-state index is 0. The van der Waals surface area contributed by atoms with Crippen LogP contribution in [-0.4, -0.2) is 52.4 Å². The molecular weight excluding hydrogens is 518 g/mol. The second kappa shape index (κ2) is 9.25. The number of halogens is 2. The standard InChI is InChI=1S/C22H20ClN3O4S.BrH/c23-14-10-15(17-12-31-22-24-5-6-26(17)22)21-16(11-14)25(7-8-30-21)20(29)4-2-13-1-3-18(27)19(28)9-13;/h1,3,9-12,27-28H,2,4-8H2;1H. The van der Waals surface area contributed by atoms with Crippen LogP contribution in [0.25, 0.3) is 5.70 Å². The van der Waals surface area contributed by atoms with Crippen molar-refractivity contribution in [2.45, 2.75) is 12.8 Å². The molecule has 5 rings (SSSR count).